The first-order valence-electron chi connectivity index (χ1n) is 8.02. The van der Waals surface area contributed by atoms with E-state index in [0.717, 1.165) is 24.8 Å². The summed E-state index contributed by atoms with van der Waals surface area (Å²) in [5, 5.41) is 2.85. The van der Waals surface area contributed by atoms with Gasteiger partial charge >= 0.3 is 5.97 Å². The number of amides is 1. The Balaban J connectivity index is 2.18. The van der Waals surface area contributed by atoms with Crippen molar-refractivity contribution in [2.75, 3.05) is 7.11 Å². The fourth-order valence-electron chi connectivity index (χ4n) is 3.06. The van der Waals surface area contributed by atoms with Crippen LogP contribution in [0.1, 0.15) is 54.6 Å². The number of esters is 1. The molecule has 120 valence electrons. The minimum absolute atomic E-state index is 0.171. The van der Waals surface area contributed by atoms with Crippen LogP contribution in [-0.2, 0) is 22.4 Å². The first-order valence-corrected chi connectivity index (χ1v) is 8.02. The molecule has 4 heteroatoms. The Hall–Kier alpha value is -1.84. The number of methoxy groups -OCH3 is 1. The predicted molar refractivity (Wildman–Crippen MR) is 85.8 cm³/mol. The SMILES string of the molecule is COC(=O)[C@H](CC(C)C)NC(=O)c1cccc2c1CCCC2. The minimum atomic E-state index is -0.586. The van der Waals surface area contributed by atoms with Gasteiger partial charge in [0.2, 0.25) is 0 Å². The second kappa shape index (κ2) is 7.43. The van der Waals surface area contributed by atoms with Crippen molar-refractivity contribution in [3.63, 3.8) is 0 Å². The molecule has 4 nitrogen and oxygen atoms in total. The van der Waals surface area contributed by atoms with Crippen LogP contribution >= 0.6 is 0 Å². The Bertz CT molecular complexity index is 551. The van der Waals surface area contributed by atoms with Gasteiger partial charge in [-0.3, -0.25) is 4.79 Å². The topological polar surface area (TPSA) is 55.4 Å². The molecule has 0 saturated heterocycles. The van der Waals surface area contributed by atoms with Crippen LogP contribution in [0.2, 0.25) is 0 Å². The third-order valence-electron chi connectivity index (χ3n) is 4.14. The fourth-order valence-corrected chi connectivity index (χ4v) is 3.06. The van der Waals surface area contributed by atoms with E-state index in [2.05, 4.69) is 11.4 Å². The van der Waals surface area contributed by atoms with E-state index in [1.807, 2.05) is 26.0 Å². The van der Waals surface area contributed by atoms with Crippen molar-refractivity contribution in [1.29, 1.82) is 0 Å². The first-order chi connectivity index (χ1) is 10.5. The number of hydrogen-bond donors (Lipinski definition) is 1. The van der Waals surface area contributed by atoms with Gasteiger partial charge in [-0.15, -0.1) is 0 Å². The summed E-state index contributed by atoms with van der Waals surface area (Å²) in [6.07, 6.45) is 4.84. The third-order valence-corrected chi connectivity index (χ3v) is 4.14. The molecular weight excluding hydrogens is 278 g/mol. The zero-order chi connectivity index (χ0) is 16.1. The summed E-state index contributed by atoms with van der Waals surface area (Å²) in [5.41, 5.74) is 3.10. The third kappa shape index (κ3) is 3.87. The molecule has 2 rings (SSSR count). The number of ether oxygens (including phenoxy) is 1. The van der Waals surface area contributed by atoms with Crippen LogP contribution < -0.4 is 5.32 Å². The maximum Gasteiger partial charge on any atom is 0.328 e. The van der Waals surface area contributed by atoms with Crippen molar-refractivity contribution < 1.29 is 14.3 Å². The summed E-state index contributed by atoms with van der Waals surface area (Å²) >= 11 is 0. The molecule has 0 spiro atoms. The molecule has 0 radical (unpaired) electrons. The second-order valence-corrected chi connectivity index (χ2v) is 6.33. The summed E-state index contributed by atoms with van der Waals surface area (Å²) in [5.74, 6) is -0.254. The lowest BCUT2D eigenvalue weighted by Crippen LogP contribution is -2.42. The number of fused-ring (bicyclic) bond motifs is 1. The molecule has 1 aromatic carbocycles. The fraction of sp³-hybridized carbons (Fsp3) is 0.556. The van der Waals surface area contributed by atoms with Crippen LogP contribution in [0.4, 0.5) is 0 Å². The normalized spacial score (nSPS) is 15.1. The molecule has 0 aromatic heterocycles. The van der Waals surface area contributed by atoms with E-state index in [1.54, 1.807) is 0 Å². The van der Waals surface area contributed by atoms with Crippen LogP contribution in [-0.4, -0.2) is 25.0 Å². The van der Waals surface area contributed by atoms with Crippen LogP contribution in [0, 0.1) is 5.92 Å². The standard InChI is InChI=1S/C18H25NO3/c1-12(2)11-16(18(21)22-3)19-17(20)15-10-6-8-13-7-4-5-9-14(13)15/h6,8,10,12,16H,4-5,7,9,11H2,1-3H3,(H,19,20)/t16-/m0/s1. The van der Waals surface area contributed by atoms with Crippen molar-refractivity contribution in [2.24, 2.45) is 5.92 Å². The van der Waals surface area contributed by atoms with Gasteiger partial charge in [0.05, 0.1) is 7.11 Å². The van der Waals surface area contributed by atoms with Gasteiger partial charge in [0.15, 0.2) is 0 Å². The minimum Gasteiger partial charge on any atom is -0.467 e. The highest BCUT2D eigenvalue weighted by atomic mass is 16.5. The summed E-state index contributed by atoms with van der Waals surface area (Å²) in [4.78, 5) is 24.5. The molecule has 0 aliphatic heterocycles. The van der Waals surface area contributed by atoms with Crippen molar-refractivity contribution in [3.8, 4) is 0 Å². The Morgan fingerprint density at radius 2 is 1.95 bits per heavy atom. The van der Waals surface area contributed by atoms with Gasteiger partial charge in [-0.25, -0.2) is 4.79 Å². The van der Waals surface area contributed by atoms with Crippen LogP contribution in [0.3, 0.4) is 0 Å². The second-order valence-electron chi connectivity index (χ2n) is 6.33. The molecule has 0 bridgehead atoms. The summed E-state index contributed by atoms with van der Waals surface area (Å²) < 4.78 is 4.81. The van der Waals surface area contributed by atoms with Gasteiger partial charge in [-0.2, -0.15) is 0 Å². The monoisotopic (exact) mass is 303 g/mol. The lowest BCUT2D eigenvalue weighted by atomic mass is 9.88. The van der Waals surface area contributed by atoms with Crippen molar-refractivity contribution >= 4 is 11.9 Å². The zero-order valence-electron chi connectivity index (χ0n) is 13.6. The molecule has 1 aliphatic carbocycles. The molecule has 0 saturated carbocycles. The number of rotatable bonds is 5. The van der Waals surface area contributed by atoms with Gasteiger partial charge in [0.25, 0.3) is 5.91 Å². The number of carbonyl (C=O) groups excluding carboxylic acids is 2. The quantitative estimate of drug-likeness (QED) is 0.851. The summed E-state index contributed by atoms with van der Waals surface area (Å²) in [6, 6.07) is 5.28. The number of hydrogen-bond acceptors (Lipinski definition) is 3. The number of carbonyl (C=O) groups is 2. The zero-order valence-corrected chi connectivity index (χ0v) is 13.6. The highest BCUT2D eigenvalue weighted by Crippen LogP contribution is 2.24. The Kier molecular flexibility index (Phi) is 5.58. The van der Waals surface area contributed by atoms with E-state index in [9.17, 15) is 9.59 Å². The number of nitrogens with one attached hydrogen (secondary N) is 1. The van der Waals surface area contributed by atoms with E-state index in [0.29, 0.717) is 17.9 Å². The average Bonchev–Trinajstić information content (AvgIpc) is 2.52. The van der Waals surface area contributed by atoms with Crippen LogP contribution in [0.5, 0.6) is 0 Å². The molecule has 1 atom stereocenters. The van der Waals surface area contributed by atoms with Crippen molar-refractivity contribution in [3.05, 3.63) is 34.9 Å². The van der Waals surface area contributed by atoms with Gasteiger partial charge in [-0.1, -0.05) is 26.0 Å². The maximum atomic E-state index is 12.6. The average molecular weight is 303 g/mol. The highest BCUT2D eigenvalue weighted by Gasteiger charge is 2.25. The molecule has 1 aromatic rings. The molecular formula is C18H25NO3. The summed E-state index contributed by atoms with van der Waals surface area (Å²) in [6.45, 7) is 4.04. The van der Waals surface area contributed by atoms with E-state index < -0.39 is 6.04 Å². The summed E-state index contributed by atoms with van der Waals surface area (Å²) in [7, 11) is 1.35. The molecule has 0 heterocycles. The Morgan fingerprint density at radius 3 is 2.64 bits per heavy atom. The largest absolute Gasteiger partial charge is 0.467 e. The highest BCUT2D eigenvalue weighted by molar-refractivity contribution is 5.98. The molecule has 0 fully saturated rings. The molecule has 22 heavy (non-hydrogen) atoms. The maximum absolute atomic E-state index is 12.6. The van der Waals surface area contributed by atoms with E-state index in [-0.39, 0.29) is 11.9 Å². The predicted octanol–water partition coefficient (Wildman–Crippen LogP) is 2.88. The smallest absolute Gasteiger partial charge is 0.328 e. The number of aryl methyl sites for hydroxylation is 1. The molecule has 0 unspecified atom stereocenters. The lowest BCUT2D eigenvalue weighted by molar-refractivity contribution is -0.143. The lowest BCUT2D eigenvalue weighted by Gasteiger charge is -2.22. The van der Waals surface area contributed by atoms with Crippen molar-refractivity contribution in [1.82, 2.24) is 5.32 Å². The Labute approximate surface area is 132 Å². The van der Waals surface area contributed by atoms with Gasteiger partial charge < -0.3 is 10.1 Å². The van der Waals surface area contributed by atoms with Crippen LogP contribution in [0.25, 0.3) is 0 Å². The van der Waals surface area contributed by atoms with Gasteiger partial charge in [0.1, 0.15) is 6.04 Å². The molecule has 1 aliphatic rings. The number of benzene rings is 1. The van der Waals surface area contributed by atoms with E-state index in [1.165, 1.54) is 19.1 Å². The van der Waals surface area contributed by atoms with Crippen molar-refractivity contribution in [2.45, 2.75) is 52.0 Å². The van der Waals surface area contributed by atoms with Gasteiger partial charge in [-0.05, 0) is 55.2 Å². The molecule has 1 amide bonds. The van der Waals surface area contributed by atoms with Gasteiger partial charge in [0, 0.05) is 5.56 Å². The molecule has 1 N–H and O–H groups in total. The Morgan fingerprint density at radius 1 is 1.23 bits per heavy atom. The van der Waals surface area contributed by atoms with Crippen LogP contribution in [0.15, 0.2) is 18.2 Å². The van der Waals surface area contributed by atoms with E-state index >= 15 is 0 Å². The first kappa shape index (κ1) is 16.5. The van der Waals surface area contributed by atoms with E-state index in [4.69, 9.17) is 4.74 Å².